The lowest BCUT2D eigenvalue weighted by molar-refractivity contribution is 0.0645. The van der Waals surface area contributed by atoms with Crippen molar-refractivity contribution < 1.29 is 9.21 Å². The van der Waals surface area contributed by atoms with Gasteiger partial charge in [-0.05, 0) is 6.42 Å². The van der Waals surface area contributed by atoms with Gasteiger partial charge in [-0.25, -0.2) is 4.98 Å². The van der Waals surface area contributed by atoms with Crippen LogP contribution < -0.4 is 0 Å². The number of aromatic nitrogens is 1. The monoisotopic (exact) mass is 152 g/mol. The maximum Gasteiger partial charge on any atom is 0.275 e. The summed E-state index contributed by atoms with van der Waals surface area (Å²) < 4.78 is 4.70. The molecule has 1 aromatic heterocycles. The van der Waals surface area contributed by atoms with E-state index in [4.69, 9.17) is 4.42 Å². The molecule has 58 valence electrons. The fraction of sp³-hybridized carbons (Fsp3) is 0.429. The molecule has 0 N–H and O–H groups in total. The Bertz CT molecular complexity index is 251. The normalized spacial score (nSPS) is 16.2. The van der Waals surface area contributed by atoms with Crippen LogP contribution in [0.5, 0.6) is 0 Å². The molecule has 1 aromatic rings. The van der Waals surface area contributed by atoms with E-state index in [1.165, 1.54) is 12.7 Å². The number of carbonyl (C=O) groups excluding carboxylic acids is 1. The lowest BCUT2D eigenvalue weighted by atomic mass is 10.2. The van der Waals surface area contributed by atoms with Crippen LogP contribution >= 0.6 is 0 Å². The predicted octanol–water partition coefficient (Wildman–Crippen LogP) is 0.521. The van der Waals surface area contributed by atoms with Crippen LogP contribution in [0.25, 0.3) is 0 Å². The highest BCUT2D eigenvalue weighted by Crippen LogP contribution is 2.10. The van der Waals surface area contributed by atoms with Crippen LogP contribution in [0, 0.1) is 0 Å². The molecule has 0 aliphatic carbocycles. The molecule has 0 aromatic carbocycles. The Hall–Kier alpha value is -1.32. The van der Waals surface area contributed by atoms with Crippen molar-refractivity contribution in [1.29, 1.82) is 0 Å². The first-order chi connectivity index (χ1) is 5.38. The van der Waals surface area contributed by atoms with E-state index in [-0.39, 0.29) is 5.91 Å². The molecule has 11 heavy (non-hydrogen) atoms. The molecule has 4 nitrogen and oxygen atoms in total. The number of hydrogen-bond donors (Lipinski definition) is 0. The standard InChI is InChI=1S/C7H8N2O2/c10-7(9-2-1-3-9)6-4-11-5-8-6/h4-5H,1-3H2. The Labute approximate surface area is 63.8 Å². The molecule has 1 amide bonds. The van der Waals surface area contributed by atoms with E-state index in [2.05, 4.69) is 4.98 Å². The van der Waals surface area contributed by atoms with Gasteiger partial charge >= 0.3 is 0 Å². The second-order valence-corrected chi connectivity index (χ2v) is 2.52. The van der Waals surface area contributed by atoms with E-state index < -0.39 is 0 Å². The third kappa shape index (κ3) is 1.00. The summed E-state index contributed by atoms with van der Waals surface area (Å²) in [4.78, 5) is 16.8. The smallest absolute Gasteiger partial charge is 0.275 e. The van der Waals surface area contributed by atoms with Crippen LogP contribution in [-0.4, -0.2) is 28.9 Å². The molecule has 1 aliphatic heterocycles. The molecular formula is C7H8N2O2. The average molecular weight is 152 g/mol. The molecule has 1 saturated heterocycles. The maximum atomic E-state index is 11.3. The minimum Gasteiger partial charge on any atom is -0.451 e. The number of carbonyl (C=O) groups is 1. The SMILES string of the molecule is O=C(c1cocn1)N1CCC1. The molecule has 0 bridgehead atoms. The van der Waals surface area contributed by atoms with Crippen molar-refractivity contribution in [3.63, 3.8) is 0 Å². The highest BCUT2D eigenvalue weighted by atomic mass is 16.3. The van der Waals surface area contributed by atoms with E-state index in [9.17, 15) is 4.79 Å². The number of likely N-dealkylation sites (tertiary alicyclic amines) is 1. The minimum absolute atomic E-state index is 0.0231. The average Bonchev–Trinajstić information content (AvgIpc) is 2.32. The summed E-state index contributed by atoms with van der Waals surface area (Å²) in [6, 6.07) is 0. The first-order valence-electron chi connectivity index (χ1n) is 3.55. The second kappa shape index (κ2) is 2.38. The maximum absolute atomic E-state index is 11.3. The molecule has 2 heterocycles. The van der Waals surface area contributed by atoms with Crippen molar-refractivity contribution in [2.45, 2.75) is 6.42 Å². The summed E-state index contributed by atoms with van der Waals surface area (Å²) in [6.07, 6.45) is 3.75. The molecule has 0 spiro atoms. The van der Waals surface area contributed by atoms with Gasteiger partial charge in [0.05, 0.1) is 0 Å². The van der Waals surface area contributed by atoms with Gasteiger partial charge in [0.2, 0.25) is 0 Å². The summed E-state index contributed by atoms with van der Waals surface area (Å²) in [5.74, 6) is -0.0231. The summed E-state index contributed by atoms with van der Waals surface area (Å²) in [6.45, 7) is 1.71. The summed E-state index contributed by atoms with van der Waals surface area (Å²) in [7, 11) is 0. The fourth-order valence-electron chi connectivity index (χ4n) is 0.999. The third-order valence-corrected chi connectivity index (χ3v) is 1.79. The van der Waals surface area contributed by atoms with Gasteiger partial charge in [-0.3, -0.25) is 4.79 Å². The van der Waals surface area contributed by atoms with Crippen molar-refractivity contribution in [3.05, 3.63) is 18.4 Å². The second-order valence-electron chi connectivity index (χ2n) is 2.52. The van der Waals surface area contributed by atoms with Crippen molar-refractivity contribution in [3.8, 4) is 0 Å². The number of nitrogens with zero attached hydrogens (tertiary/aromatic N) is 2. The summed E-state index contributed by atoms with van der Waals surface area (Å²) >= 11 is 0. The fourth-order valence-corrected chi connectivity index (χ4v) is 0.999. The van der Waals surface area contributed by atoms with Crippen LogP contribution in [0.1, 0.15) is 16.9 Å². The van der Waals surface area contributed by atoms with Gasteiger partial charge in [-0.1, -0.05) is 0 Å². The van der Waals surface area contributed by atoms with E-state index in [0.717, 1.165) is 19.5 Å². The molecule has 0 saturated carbocycles. The Kier molecular flexibility index (Phi) is 1.38. The van der Waals surface area contributed by atoms with Gasteiger partial charge < -0.3 is 9.32 Å². The zero-order chi connectivity index (χ0) is 7.68. The highest BCUT2D eigenvalue weighted by Gasteiger charge is 2.22. The molecule has 0 unspecified atom stereocenters. The van der Waals surface area contributed by atoms with Crippen LogP contribution in [0.2, 0.25) is 0 Å². The number of rotatable bonds is 1. The van der Waals surface area contributed by atoms with Crippen LogP contribution in [-0.2, 0) is 0 Å². The highest BCUT2D eigenvalue weighted by molar-refractivity contribution is 5.92. The Morgan fingerprint density at radius 1 is 1.64 bits per heavy atom. The molecule has 2 rings (SSSR count). The predicted molar refractivity (Wildman–Crippen MR) is 37.0 cm³/mol. The molecule has 1 aliphatic rings. The van der Waals surface area contributed by atoms with Crippen molar-refractivity contribution >= 4 is 5.91 Å². The van der Waals surface area contributed by atoms with E-state index in [1.807, 2.05) is 0 Å². The Morgan fingerprint density at radius 3 is 2.91 bits per heavy atom. The zero-order valence-electron chi connectivity index (χ0n) is 5.99. The molecule has 4 heteroatoms. The summed E-state index contributed by atoms with van der Waals surface area (Å²) in [5.41, 5.74) is 0.407. The van der Waals surface area contributed by atoms with E-state index in [1.54, 1.807) is 4.90 Å². The molecule has 0 atom stereocenters. The van der Waals surface area contributed by atoms with Crippen molar-refractivity contribution in [2.24, 2.45) is 0 Å². The number of hydrogen-bond acceptors (Lipinski definition) is 3. The van der Waals surface area contributed by atoms with Gasteiger partial charge in [0.25, 0.3) is 5.91 Å². The van der Waals surface area contributed by atoms with Crippen LogP contribution in [0.3, 0.4) is 0 Å². The van der Waals surface area contributed by atoms with Gasteiger partial charge in [0.1, 0.15) is 6.26 Å². The first-order valence-corrected chi connectivity index (χ1v) is 3.55. The molecule has 1 fully saturated rings. The number of oxazole rings is 1. The largest absolute Gasteiger partial charge is 0.451 e. The Morgan fingerprint density at radius 2 is 2.45 bits per heavy atom. The quantitative estimate of drug-likeness (QED) is 0.589. The van der Waals surface area contributed by atoms with E-state index in [0.29, 0.717) is 5.69 Å². The van der Waals surface area contributed by atoms with Crippen molar-refractivity contribution in [1.82, 2.24) is 9.88 Å². The van der Waals surface area contributed by atoms with Crippen LogP contribution in [0.4, 0.5) is 0 Å². The number of amides is 1. The van der Waals surface area contributed by atoms with E-state index >= 15 is 0 Å². The van der Waals surface area contributed by atoms with Crippen LogP contribution in [0.15, 0.2) is 17.1 Å². The lowest BCUT2D eigenvalue weighted by Crippen LogP contribution is -2.42. The van der Waals surface area contributed by atoms with Gasteiger partial charge in [-0.2, -0.15) is 0 Å². The lowest BCUT2D eigenvalue weighted by Gasteiger charge is -2.29. The van der Waals surface area contributed by atoms with Gasteiger partial charge in [-0.15, -0.1) is 0 Å². The summed E-state index contributed by atoms with van der Waals surface area (Å²) in [5, 5.41) is 0. The topological polar surface area (TPSA) is 46.3 Å². The van der Waals surface area contributed by atoms with Gasteiger partial charge in [0.15, 0.2) is 12.1 Å². The van der Waals surface area contributed by atoms with Gasteiger partial charge in [0, 0.05) is 13.1 Å². The molecular weight excluding hydrogens is 144 g/mol. The zero-order valence-corrected chi connectivity index (χ0v) is 5.99. The van der Waals surface area contributed by atoms with Crippen molar-refractivity contribution in [2.75, 3.05) is 13.1 Å². The minimum atomic E-state index is -0.0231. The first kappa shape index (κ1) is 6.39. The third-order valence-electron chi connectivity index (χ3n) is 1.79. The Balaban J connectivity index is 2.10. The molecule has 0 radical (unpaired) electrons.